The average molecular weight is 487 g/mol. The molecule has 0 unspecified atom stereocenters. The number of halogens is 1. The van der Waals surface area contributed by atoms with Gasteiger partial charge < -0.3 is 10.1 Å². The highest BCUT2D eigenvalue weighted by Crippen LogP contribution is 2.27. The van der Waals surface area contributed by atoms with Crippen molar-refractivity contribution < 1.29 is 17.9 Å². The molecule has 0 heterocycles. The van der Waals surface area contributed by atoms with Crippen LogP contribution in [-0.2, 0) is 14.8 Å². The molecule has 3 aromatic rings. The molecule has 6 nitrogen and oxygen atoms in total. The standard InChI is InChI=1S/C25H27ClN2O4S/c1-4-24(19-10-8-18(2)9-11-19)27-25(29)17-28(21-7-5-6-20(26)16-21)33(30,31)23-14-12-22(32-3)13-15-23/h5-16,24H,4,17H2,1-3H3,(H,27,29)/t24-/m0/s1. The number of carbonyl (C=O) groups excluding carboxylic acids is 1. The number of hydrogen-bond donors (Lipinski definition) is 1. The number of methoxy groups -OCH3 is 1. The minimum Gasteiger partial charge on any atom is -0.497 e. The van der Waals surface area contributed by atoms with Crippen molar-refractivity contribution in [1.29, 1.82) is 0 Å². The molecule has 0 aliphatic rings. The first kappa shape index (κ1) is 24.6. The van der Waals surface area contributed by atoms with Crippen LogP contribution in [0.15, 0.2) is 77.7 Å². The van der Waals surface area contributed by atoms with Gasteiger partial charge in [-0.15, -0.1) is 0 Å². The number of benzene rings is 3. The van der Waals surface area contributed by atoms with Crippen molar-refractivity contribution in [2.24, 2.45) is 0 Å². The summed E-state index contributed by atoms with van der Waals surface area (Å²) >= 11 is 6.12. The second-order valence-corrected chi connectivity index (χ2v) is 9.90. The molecule has 0 saturated heterocycles. The number of carbonyl (C=O) groups is 1. The summed E-state index contributed by atoms with van der Waals surface area (Å²) in [5.74, 6) is 0.115. The van der Waals surface area contributed by atoms with Crippen molar-refractivity contribution in [2.75, 3.05) is 18.0 Å². The van der Waals surface area contributed by atoms with E-state index in [-0.39, 0.29) is 10.9 Å². The summed E-state index contributed by atoms with van der Waals surface area (Å²) in [6.07, 6.45) is 0.664. The van der Waals surface area contributed by atoms with Crippen LogP contribution in [0.5, 0.6) is 5.75 Å². The number of nitrogens with one attached hydrogen (secondary N) is 1. The van der Waals surface area contributed by atoms with Crippen molar-refractivity contribution in [2.45, 2.75) is 31.2 Å². The first-order valence-electron chi connectivity index (χ1n) is 10.5. The molecule has 0 fully saturated rings. The van der Waals surface area contributed by atoms with Gasteiger partial charge in [-0.25, -0.2) is 8.42 Å². The third-order valence-electron chi connectivity index (χ3n) is 5.25. The zero-order chi connectivity index (χ0) is 24.0. The molecule has 174 valence electrons. The maximum absolute atomic E-state index is 13.5. The zero-order valence-electron chi connectivity index (χ0n) is 18.8. The molecule has 1 atom stereocenters. The van der Waals surface area contributed by atoms with Crippen LogP contribution in [0.4, 0.5) is 5.69 Å². The summed E-state index contributed by atoms with van der Waals surface area (Å²) in [4.78, 5) is 13.1. The number of amides is 1. The molecule has 0 saturated carbocycles. The molecule has 0 aliphatic carbocycles. The Kier molecular flexibility index (Phi) is 8.00. The van der Waals surface area contributed by atoms with Crippen molar-refractivity contribution in [1.82, 2.24) is 5.32 Å². The van der Waals surface area contributed by atoms with E-state index in [1.807, 2.05) is 38.1 Å². The van der Waals surface area contributed by atoms with Crippen LogP contribution < -0.4 is 14.4 Å². The summed E-state index contributed by atoms with van der Waals surface area (Å²) in [6, 6.07) is 20.1. The van der Waals surface area contributed by atoms with Crippen molar-refractivity contribution in [3.8, 4) is 5.75 Å². The second-order valence-electron chi connectivity index (χ2n) is 7.61. The highest BCUT2D eigenvalue weighted by molar-refractivity contribution is 7.92. The number of rotatable bonds is 9. The Bertz CT molecular complexity index is 1200. The first-order chi connectivity index (χ1) is 15.7. The molecule has 8 heteroatoms. The lowest BCUT2D eigenvalue weighted by Gasteiger charge is -2.26. The van der Waals surface area contributed by atoms with Crippen LogP contribution in [0.3, 0.4) is 0 Å². The van der Waals surface area contributed by atoms with Crippen molar-refractivity contribution in [3.63, 3.8) is 0 Å². The lowest BCUT2D eigenvalue weighted by Crippen LogP contribution is -2.42. The molecule has 3 aromatic carbocycles. The molecular formula is C25H27ClN2O4S. The SMILES string of the molecule is CC[C@H](NC(=O)CN(c1cccc(Cl)c1)S(=O)(=O)c1ccc(OC)cc1)c1ccc(C)cc1. The number of sulfonamides is 1. The normalized spacial score (nSPS) is 12.1. The van der Waals surface area contributed by atoms with E-state index in [2.05, 4.69) is 5.32 Å². The molecule has 1 N–H and O–H groups in total. The summed E-state index contributed by atoms with van der Waals surface area (Å²) in [6.45, 7) is 3.57. The van der Waals surface area contributed by atoms with E-state index >= 15 is 0 Å². The Labute approximate surface area is 200 Å². The number of ether oxygens (including phenoxy) is 1. The van der Waals surface area contributed by atoms with Gasteiger partial charge in [-0.1, -0.05) is 54.4 Å². The van der Waals surface area contributed by atoms with Crippen molar-refractivity contribution >= 4 is 33.2 Å². The fourth-order valence-corrected chi connectivity index (χ4v) is 5.01. The molecule has 1 amide bonds. The van der Waals surface area contributed by atoms with Crippen LogP contribution in [0.2, 0.25) is 5.02 Å². The van der Waals surface area contributed by atoms with E-state index in [1.54, 1.807) is 30.3 Å². The summed E-state index contributed by atoms with van der Waals surface area (Å²) in [5.41, 5.74) is 2.39. The van der Waals surface area contributed by atoms with Gasteiger partial charge in [0.15, 0.2) is 0 Å². The predicted octanol–water partition coefficient (Wildman–Crippen LogP) is 5.12. The van der Waals surface area contributed by atoms with E-state index < -0.39 is 22.5 Å². The summed E-state index contributed by atoms with van der Waals surface area (Å²) in [5, 5.41) is 3.33. The van der Waals surface area contributed by atoms with Gasteiger partial charge in [-0.05, 0) is 61.4 Å². The van der Waals surface area contributed by atoms with Gasteiger partial charge in [0.1, 0.15) is 12.3 Å². The number of hydrogen-bond acceptors (Lipinski definition) is 4. The molecule has 33 heavy (non-hydrogen) atoms. The lowest BCUT2D eigenvalue weighted by atomic mass is 10.0. The average Bonchev–Trinajstić information content (AvgIpc) is 2.81. The minimum atomic E-state index is -4.05. The van der Waals surface area contributed by atoms with Crippen molar-refractivity contribution in [3.05, 3.63) is 88.9 Å². The van der Waals surface area contributed by atoms with Crippen LogP contribution >= 0.6 is 11.6 Å². The largest absolute Gasteiger partial charge is 0.497 e. The topological polar surface area (TPSA) is 75.7 Å². The molecular weight excluding hydrogens is 460 g/mol. The molecule has 3 rings (SSSR count). The van der Waals surface area contributed by atoms with Gasteiger partial charge in [0, 0.05) is 5.02 Å². The lowest BCUT2D eigenvalue weighted by molar-refractivity contribution is -0.120. The van der Waals surface area contributed by atoms with Crippen LogP contribution in [0.25, 0.3) is 0 Å². The number of aryl methyl sites for hydroxylation is 1. The Morgan fingerprint density at radius 3 is 2.30 bits per heavy atom. The molecule has 0 radical (unpaired) electrons. The van der Waals surface area contributed by atoms with Crippen LogP contribution in [0.1, 0.15) is 30.5 Å². The maximum atomic E-state index is 13.5. The zero-order valence-corrected chi connectivity index (χ0v) is 20.4. The maximum Gasteiger partial charge on any atom is 0.264 e. The smallest absolute Gasteiger partial charge is 0.264 e. The number of nitrogens with zero attached hydrogens (tertiary/aromatic N) is 1. The fourth-order valence-electron chi connectivity index (χ4n) is 3.41. The quantitative estimate of drug-likeness (QED) is 0.455. The third kappa shape index (κ3) is 6.06. The van der Waals surface area contributed by atoms with E-state index in [0.29, 0.717) is 22.9 Å². The Morgan fingerprint density at radius 1 is 1.06 bits per heavy atom. The highest BCUT2D eigenvalue weighted by Gasteiger charge is 2.28. The van der Waals surface area contributed by atoms with E-state index in [9.17, 15) is 13.2 Å². The third-order valence-corrected chi connectivity index (χ3v) is 7.28. The monoisotopic (exact) mass is 486 g/mol. The van der Waals surface area contributed by atoms with Gasteiger partial charge >= 0.3 is 0 Å². The van der Waals surface area contributed by atoms with E-state index in [4.69, 9.17) is 16.3 Å². The first-order valence-corrected chi connectivity index (χ1v) is 12.3. The van der Waals surface area contributed by atoms with E-state index in [1.165, 1.54) is 25.3 Å². The fraction of sp³-hybridized carbons (Fsp3) is 0.240. The van der Waals surface area contributed by atoms with Crippen LogP contribution in [-0.4, -0.2) is 28.0 Å². The van der Waals surface area contributed by atoms with E-state index in [0.717, 1.165) is 15.4 Å². The van der Waals surface area contributed by atoms with Gasteiger partial charge in [-0.2, -0.15) is 0 Å². The van der Waals surface area contributed by atoms with Gasteiger partial charge in [0.2, 0.25) is 5.91 Å². The minimum absolute atomic E-state index is 0.0432. The Balaban J connectivity index is 1.91. The highest BCUT2D eigenvalue weighted by atomic mass is 35.5. The number of anilines is 1. The Hall–Kier alpha value is -3.03. The Morgan fingerprint density at radius 2 is 1.73 bits per heavy atom. The second kappa shape index (κ2) is 10.7. The molecule has 0 aromatic heterocycles. The van der Waals surface area contributed by atoms with Gasteiger partial charge in [0.25, 0.3) is 10.0 Å². The summed E-state index contributed by atoms with van der Waals surface area (Å²) < 4.78 is 33.2. The molecule has 0 spiro atoms. The van der Waals surface area contributed by atoms with Crippen LogP contribution in [0, 0.1) is 6.92 Å². The molecule has 0 bridgehead atoms. The molecule has 0 aliphatic heterocycles. The summed E-state index contributed by atoms with van der Waals surface area (Å²) in [7, 11) is -2.54. The predicted molar refractivity (Wildman–Crippen MR) is 131 cm³/mol. The van der Waals surface area contributed by atoms with Gasteiger partial charge in [-0.3, -0.25) is 9.10 Å². The van der Waals surface area contributed by atoms with Gasteiger partial charge in [0.05, 0.1) is 23.7 Å².